The van der Waals surface area contributed by atoms with Gasteiger partial charge in [-0.15, -0.1) is 0 Å². The zero-order valence-corrected chi connectivity index (χ0v) is 15.0. The average molecular weight is 373 g/mol. The van der Waals surface area contributed by atoms with E-state index in [1.54, 1.807) is 55.7 Å². The van der Waals surface area contributed by atoms with Crippen LogP contribution in [0, 0.1) is 12.7 Å². The van der Waals surface area contributed by atoms with Crippen molar-refractivity contribution in [3.63, 3.8) is 0 Å². The maximum Gasteiger partial charge on any atom is 0.248 e. The highest BCUT2D eigenvalue weighted by Crippen LogP contribution is 2.32. The first kappa shape index (κ1) is 17.6. The molecule has 0 atom stereocenters. The molecule has 0 spiro atoms. The van der Waals surface area contributed by atoms with E-state index in [0.29, 0.717) is 33.3 Å². The van der Waals surface area contributed by atoms with Crippen LogP contribution in [0.15, 0.2) is 60.9 Å². The van der Waals surface area contributed by atoms with E-state index in [-0.39, 0.29) is 5.78 Å². The standard InChI is InChI=1S/C22H16FN3O2/c1-12-2-7-15(23)10-17(12)20(27)18-11-26-22-19(18)16(8-9-25-22)13-3-5-14(6-4-13)21(24)28/h2-11H,1H3,(H2,24,28)(H,25,26). The quantitative estimate of drug-likeness (QED) is 0.530. The number of hydrogen-bond acceptors (Lipinski definition) is 3. The van der Waals surface area contributed by atoms with Gasteiger partial charge in [0.2, 0.25) is 5.91 Å². The van der Waals surface area contributed by atoms with E-state index in [2.05, 4.69) is 9.97 Å². The number of nitrogens with zero attached hydrogens (tertiary/aromatic N) is 1. The van der Waals surface area contributed by atoms with Crippen LogP contribution in [0.25, 0.3) is 22.2 Å². The average Bonchev–Trinajstić information content (AvgIpc) is 3.13. The molecular weight excluding hydrogens is 357 g/mol. The van der Waals surface area contributed by atoms with Gasteiger partial charge in [-0.1, -0.05) is 18.2 Å². The molecule has 0 saturated carbocycles. The van der Waals surface area contributed by atoms with Crippen molar-refractivity contribution in [1.29, 1.82) is 0 Å². The van der Waals surface area contributed by atoms with Gasteiger partial charge in [0, 0.05) is 28.9 Å². The first-order chi connectivity index (χ1) is 13.5. The number of ketones is 1. The number of rotatable bonds is 4. The third-order valence-corrected chi connectivity index (χ3v) is 4.74. The molecule has 138 valence electrons. The fourth-order valence-corrected chi connectivity index (χ4v) is 3.27. The maximum absolute atomic E-state index is 13.7. The van der Waals surface area contributed by atoms with Crippen LogP contribution in [0.2, 0.25) is 0 Å². The van der Waals surface area contributed by atoms with Crippen molar-refractivity contribution in [2.24, 2.45) is 5.73 Å². The van der Waals surface area contributed by atoms with E-state index in [1.165, 1.54) is 12.1 Å². The third kappa shape index (κ3) is 2.95. The minimum absolute atomic E-state index is 0.286. The van der Waals surface area contributed by atoms with E-state index in [9.17, 15) is 14.0 Å². The van der Waals surface area contributed by atoms with Gasteiger partial charge < -0.3 is 10.7 Å². The molecule has 4 rings (SSSR count). The minimum atomic E-state index is -0.509. The summed E-state index contributed by atoms with van der Waals surface area (Å²) in [7, 11) is 0. The normalized spacial score (nSPS) is 10.9. The molecule has 2 heterocycles. The Morgan fingerprint density at radius 3 is 2.50 bits per heavy atom. The summed E-state index contributed by atoms with van der Waals surface area (Å²) in [5, 5.41) is 0.642. The van der Waals surface area contributed by atoms with Gasteiger partial charge in [0.25, 0.3) is 0 Å². The topological polar surface area (TPSA) is 88.8 Å². The van der Waals surface area contributed by atoms with Gasteiger partial charge in [-0.3, -0.25) is 9.59 Å². The molecular formula is C22H16FN3O2. The van der Waals surface area contributed by atoms with E-state index in [4.69, 9.17) is 5.73 Å². The number of primary amides is 1. The Hall–Kier alpha value is -3.80. The summed E-state index contributed by atoms with van der Waals surface area (Å²) in [5.74, 6) is -1.26. The number of benzene rings is 2. The molecule has 0 unspecified atom stereocenters. The zero-order valence-electron chi connectivity index (χ0n) is 15.0. The van der Waals surface area contributed by atoms with E-state index >= 15 is 0 Å². The van der Waals surface area contributed by atoms with Crippen LogP contribution >= 0.6 is 0 Å². The number of aromatic nitrogens is 2. The fraction of sp³-hybridized carbons (Fsp3) is 0.0455. The number of fused-ring (bicyclic) bond motifs is 1. The van der Waals surface area contributed by atoms with Crippen molar-refractivity contribution >= 4 is 22.7 Å². The van der Waals surface area contributed by atoms with E-state index in [1.807, 2.05) is 0 Å². The molecule has 1 amide bonds. The molecule has 4 aromatic rings. The van der Waals surface area contributed by atoms with Gasteiger partial charge in [0.05, 0.1) is 5.56 Å². The van der Waals surface area contributed by atoms with E-state index in [0.717, 1.165) is 11.1 Å². The predicted molar refractivity (Wildman–Crippen MR) is 105 cm³/mol. The second kappa shape index (κ2) is 6.74. The second-order valence-electron chi connectivity index (χ2n) is 6.51. The van der Waals surface area contributed by atoms with Crippen LogP contribution in [-0.2, 0) is 0 Å². The summed E-state index contributed by atoms with van der Waals surface area (Å²) in [4.78, 5) is 31.8. The number of H-pyrrole nitrogens is 1. The van der Waals surface area contributed by atoms with Crippen LogP contribution in [-0.4, -0.2) is 21.7 Å². The van der Waals surface area contributed by atoms with Crippen molar-refractivity contribution in [3.8, 4) is 11.1 Å². The molecule has 5 nitrogen and oxygen atoms in total. The number of aromatic amines is 1. The monoisotopic (exact) mass is 373 g/mol. The summed E-state index contributed by atoms with van der Waals surface area (Å²) >= 11 is 0. The molecule has 0 saturated heterocycles. The fourth-order valence-electron chi connectivity index (χ4n) is 3.27. The molecule has 2 aromatic carbocycles. The van der Waals surface area contributed by atoms with Crippen molar-refractivity contribution in [1.82, 2.24) is 9.97 Å². The molecule has 6 heteroatoms. The number of amides is 1. The lowest BCUT2D eigenvalue weighted by atomic mass is 9.95. The minimum Gasteiger partial charge on any atom is -0.366 e. The van der Waals surface area contributed by atoms with Gasteiger partial charge in [-0.05, 0) is 53.9 Å². The SMILES string of the molecule is Cc1ccc(F)cc1C(=O)c1c[nH]c2nccc(-c3ccc(C(N)=O)cc3)c12. The highest BCUT2D eigenvalue weighted by molar-refractivity contribution is 6.19. The van der Waals surface area contributed by atoms with Gasteiger partial charge in [0.15, 0.2) is 5.78 Å². The molecule has 3 N–H and O–H groups in total. The molecule has 0 radical (unpaired) electrons. The first-order valence-electron chi connectivity index (χ1n) is 8.63. The van der Waals surface area contributed by atoms with Crippen molar-refractivity contribution < 1.29 is 14.0 Å². The van der Waals surface area contributed by atoms with Gasteiger partial charge in [-0.2, -0.15) is 0 Å². The largest absolute Gasteiger partial charge is 0.366 e. The Labute approximate surface area is 160 Å². The molecule has 0 aliphatic carbocycles. The number of halogens is 1. The van der Waals surface area contributed by atoms with Crippen LogP contribution in [0.1, 0.15) is 31.8 Å². The Balaban J connectivity index is 1.89. The lowest BCUT2D eigenvalue weighted by Crippen LogP contribution is -2.10. The number of pyridine rings is 1. The number of hydrogen-bond donors (Lipinski definition) is 2. The zero-order chi connectivity index (χ0) is 19.8. The van der Waals surface area contributed by atoms with Crippen LogP contribution in [0.4, 0.5) is 4.39 Å². The lowest BCUT2D eigenvalue weighted by molar-refractivity contribution is 0.0998. The number of nitrogens with one attached hydrogen (secondary N) is 1. The van der Waals surface area contributed by atoms with Crippen LogP contribution < -0.4 is 5.73 Å². The van der Waals surface area contributed by atoms with Crippen molar-refractivity contribution in [3.05, 3.63) is 89.0 Å². The summed E-state index contributed by atoms with van der Waals surface area (Å²) < 4.78 is 13.7. The van der Waals surface area contributed by atoms with Crippen molar-refractivity contribution in [2.75, 3.05) is 0 Å². The van der Waals surface area contributed by atoms with Crippen LogP contribution in [0.5, 0.6) is 0 Å². The van der Waals surface area contributed by atoms with E-state index < -0.39 is 11.7 Å². The number of nitrogens with two attached hydrogens (primary N) is 1. The van der Waals surface area contributed by atoms with Crippen molar-refractivity contribution in [2.45, 2.75) is 6.92 Å². The molecule has 0 aliphatic rings. The van der Waals surface area contributed by atoms with Gasteiger partial charge in [0.1, 0.15) is 11.5 Å². The summed E-state index contributed by atoms with van der Waals surface area (Å²) in [6, 6.07) is 12.8. The Kier molecular flexibility index (Phi) is 4.24. The third-order valence-electron chi connectivity index (χ3n) is 4.74. The molecule has 0 aliphatic heterocycles. The number of carbonyl (C=O) groups excluding carboxylic acids is 2. The maximum atomic E-state index is 13.7. The summed E-state index contributed by atoms with van der Waals surface area (Å²) in [6.07, 6.45) is 3.23. The highest BCUT2D eigenvalue weighted by Gasteiger charge is 2.20. The smallest absolute Gasteiger partial charge is 0.248 e. The molecule has 2 aromatic heterocycles. The summed E-state index contributed by atoms with van der Waals surface area (Å²) in [5.41, 5.74) is 9.24. The second-order valence-corrected chi connectivity index (χ2v) is 6.51. The lowest BCUT2D eigenvalue weighted by Gasteiger charge is -2.08. The van der Waals surface area contributed by atoms with Crippen LogP contribution in [0.3, 0.4) is 0 Å². The Morgan fingerprint density at radius 2 is 1.79 bits per heavy atom. The molecule has 0 bridgehead atoms. The van der Waals surface area contributed by atoms with Gasteiger partial charge >= 0.3 is 0 Å². The molecule has 0 fully saturated rings. The first-order valence-corrected chi connectivity index (χ1v) is 8.63. The predicted octanol–water partition coefficient (Wildman–Crippen LogP) is 4.01. The molecule has 28 heavy (non-hydrogen) atoms. The Morgan fingerprint density at radius 1 is 1.04 bits per heavy atom. The Bertz CT molecular complexity index is 1230. The van der Waals surface area contributed by atoms with Gasteiger partial charge in [-0.25, -0.2) is 9.37 Å². The highest BCUT2D eigenvalue weighted by atomic mass is 19.1. The number of carbonyl (C=O) groups is 2. The summed E-state index contributed by atoms with van der Waals surface area (Å²) in [6.45, 7) is 1.77. The number of aryl methyl sites for hydroxylation is 1.